The standard InChI is InChI=1S/C24H24N2O2/c1-24(2,3)26-23(28)20-13-6-7-14-21(20)25-22(27)16-15-18-11-8-10-17-9-4-5-12-19(17)18/h4-16H,1-3H3,(H,25,27)(H,26,28)/b16-15+. The Hall–Kier alpha value is -3.40. The molecule has 3 aromatic rings. The molecule has 0 saturated carbocycles. The van der Waals surface area contributed by atoms with Crippen molar-refractivity contribution in [3.05, 3.63) is 83.9 Å². The Kier molecular flexibility index (Phi) is 5.59. The number of benzene rings is 3. The summed E-state index contributed by atoms with van der Waals surface area (Å²) in [6, 6.07) is 21.0. The van der Waals surface area contributed by atoms with E-state index in [2.05, 4.69) is 10.6 Å². The van der Waals surface area contributed by atoms with Crippen LogP contribution >= 0.6 is 0 Å². The number of rotatable bonds is 4. The van der Waals surface area contributed by atoms with Crippen LogP contribution in [0.2, 0.25) is 0 Å². The van der Waals surface area contributed by atoms with Crippen molar-refractivity contribution in [3.63, 3.8) is 0 Å². The van der Waals surface area contributed by atoms with E-state index in [9.17, 15) is 9.59 Å². The Bertz CT molecular complexity index is 1040. The highest BCUT2D eigenvalue weighted by Crippen LogP contribution is 2.20. The van der Waals surface area contributed by atoms with Crippen molar-refractivity contribution in [1.82, 2.24) is 5.32 Å². The lowest BCUT2D eigenvalue weighted by Gasteiger charge is -2.21. The van der Waals surface area contributed by atoms with Crippen molar-refractivity contribution in [1.29, 1.82) is 0 Å². The highest BCUT2D eigenvalue weighted by molar-refractivity contribution is 6.08. The molecular formula is C24H24N2O2. The van der Waals surface area contributed by atoms with Crippen LogP contribution in [0, 0.1) is 0 Å². The molecule has 0 saturated heterocycles. The first-order valence-corrected chi connectivity index (χ1v) is 9.22. The van der Waals surface area contributed by atoms with Gasteiger partial charge in [-0.2, -0.15) is 0 Å². The molecule has 0 unspecified atom stereocenters. The SMILES string of the molecule is CC(C)(C)NC(=O)c1ccccc1NC(=O)/C=C/c1cccc2ccccc12. The molecule has 0 fully saturated rings. The molecule has 3 rings (SSSR count). The Balaban J connectivity index is 1.78. The van der Waals surface area contributed by atoms with Gasteiger partial charge < -0.3 is 10.6 Å². The predicted octanol–water partition coefficient (Wildman–Crippen LogP) is 5.02. The maximum Gasteiger partial charge on any atom is 0.253 e. The van der Waals surface area contributed by atoms with Crippen LogP contribution in [0.1, 0.15) is 36.7 Å². The summed E-state index contributed by atoms with van der Waals surface area (Å²) in [4.78, 5) is 25.0. The molecule has 2 N–H and O–H groups in total. The number of amides is 2. The molecule has 0 heterocycles. The van der Waals surface area contributed by atoms with Crippen LogP contribution in [0.3, 0.4) is 0 Å². The molecule has 0 aliphatic rings. The van der Waals surface area contributed by atoms with E-state index >= 15 is 0 Å². The van der Waals surface area contributed by atoms with E-state index in [0.717, 1.165) is 16.3 Å². The van der Waals surface area contributed by atoms with Crippen LogP contribution in [0.15, 0.2) is 72.8 Å². The van der Waals surface area contributed by atoms with Crippen LogP contribution in [-0.4, -0.2) is 17.4 Å². The van der Waals surface area contributed by atoms with Gasteiger partial charge in [-0.3, -0.25) is 9.59 Å². The maximum atomic E-state index is 12.5. The summed E-state index contributed by atoms with van der Waals surface area (Å²) < 4.78 is 0. The second-order valence-corrected chi connectivity index (χ2v) is 7.64. The van der Waals surface area contributed by atoms with E-state index in [-0.39, 0.29) is 17.4 Å². The van der Waals surface area contributed by atoms with E-state index in [1.165, 1.54) is 6.08 Å². The Morgan fingerprint density at radius 3 is 2.32 bits per heavy atom. The van der Waals surface area contributed by atoms with Gasteiger partial charge in [0.2, 0.25) is 5.91 Å². The fourth-order valence-corrected chi connectivity index (χ4v) is 2.93. The average Bonchev–Trinajstić information content (AvgIpc) is 2.65. The van der Waals surface area contributed by atoms with Crippen LogP contribution in [-0.2, 0) is 4.79 Å². The van der Waals surface area contributed by atoms with Crippen molar-refractivity contribution in [2.45, 2.75) is 26.3 Å². The molecule has 0 atom stereocenters. The predicted molar refractivity (Wildman–Crippen MR) is 115 cm³/mol. The van der Waals surface area contributed by atoms with Crippen molar-refractivity contribution < 1.29 is 9.59 Å². The number of hydrogen-bond donors (Lipinski definition) is 2. The summed E-state index contributed by atoms with van der Waals surface area (Å²) in [7, 11) is 0. The van der Waals surface area contributed by atoms with E-state index < -0.39 is 0 Å². The largest absolute Gasteiger partial charge is 0.347 e. The lowest BCUT2D eigenvalue weighted by Crippen LogP contribution is -2.40. The van der Waals surface area contributed by atoms with Gasteiger partial charge in [-0.15, -0.1) is 0 Å². The summed E-state index contributed by atoms with van der Waals surface area (Å²) >= 11 is 0. The number of carbonyl (C=O) groups is 2. The molecule has 0 bridgehead atoms. The van der Waals surface area contributed by atoms with E-state index in [1.807, 2.05) is 63.2 Å². The first-order chi connectivity index (χ1) is 13.3. The second-order valence-electron chi connectivity index (χ2n) is 7.64. The molecule has 0 radical (unpaired) electrons. The molecule has 142 valence electrons. The van der Waals surface area contributed by atoms with Gasteiger partial charge in [0, 0.05) is 11.6 Å². The summed E-state index contributed by atoms with van der Waals surface area (Å²) in [6.45, 7) is 5.75. The van der Waals surface area contributed by atoms with Gasteiger partial charge >= 0.3 is 0 Å². The minimum absolute atomic E-state index is 0.221. The van der Waals surface area contributed by atoms with Crippen LogP contribution in [0.25, 0.3) is 16.8 Å². The minimum Gasteiger partial charge on any atom is -0.347 e. The Morgan fingerprint density at radius 2 is 1.54 bits per heavy atom. The zero-order valence-electron chi connectivity index (χ0n) is 16.3. The zero-order valence-corrected chi connectivity index (χ0v) is 16.3. The molecule has 4 nitrogen and oxygen atoms in total. The molecule has 0 aliphatic carbocycles. The number of para-hydroxylation sites is 1. The van der Waals surface area contributed by atoms with Gasteiger partial charge in [-0.1, -0.05) is 54.6 Å². The molecule has 28 heavy (non-hydrogen) atoms. The average molecular weight is 372 g/mol. The number of carbonyl (C=O) groups excluding carboxylic acids is 2. The van der Waals surface area contributed by atoms with Crippen molar-refractivity contribution in [2.75, 3.05) is 5.32 Å². The molecule has 0 aliphatic heterocycles. The van der Waals surface area contributed by atoms with Crippen LogP contribution in [0.4, 0.5) is 5.69 Å². The number of fused-ring (bicyclic) bond motifs is 1. The first kappa shape index (κ1) is 19.4. The maximum absolute atomic E-state index is 12.5. The number of nitrogens with one attached hydrogen (secondary N) is 2. The van der Waals surface area contributed by atoms with Crippen LogP contribution < -0.4 is 10.6 Å². The van der Waals surface area contributed by atoms with Crippen molar-refractivity contribution >= 4 is 34.4 Å². The summed E-state index contributed by atoms with van der Waals surface area (Å²) in [5.41, 5.74) is 1.52. The quantitative estimate of drug-likeness (QED) is 0.632. The molecule has 0 spiro atoms. The van der Waals surface area contributed by atoms with Gasteiger partial charge in [-0.25, -0.2) is 0 Å². The molecule has 3 aromatic carbocycles. The highest BCUT2D eigenvalue weighted by Gasteiger charge is 2.18. The third-order valence-electron chi connectivity index (χ3n) is 4.16. The van der Waals surface area contributed by atoms with Crippen molar-refractivity contribution in [2.24, 2.45) is 0 Å². The van der Waals surface area contributed by atoms with Crippen molar-refractivity contribution in [3.8, 4) is 0 Å². The number of anilines is 1. The lowest BCUT2D eigenvalue weighted by molar-refractivity contribution is -0.111. The summed E-state index contributed by atoms with van der Waals surface area (Å²) in [5.74, 6) is -0.509. The van der Waals surface area contributed by atoms with E-state index in [0.29, 0.717) is 11.3 Å². The Labute approximate surface area is 165 Å². The monoisotopic (exact) mass is 372 g/mol. The first-order valence-electron chi connectivity index (χ1n) is 9.22. The highest BCUT2D eigenvalue weighted by atomic mass is 16.2. The van der Waals surface area contributed by atoms with E-state index in [4.69, 9.17) is 0 Å². The molecule has 4 heteroatoms. The number of hydrogen-bond acceptors (Lipinski definition) is 2. The third-order valence-corrected chi connectivity index (χ3v) is 4.16. The second kappa shape index (κ2) is 8.09. The normalized spacial score (nSPS) is 11.5. The van der Waals surface area contributed by atoms with E-state index in [1.54, 1.807) is 30.3 Å². The van der Waals surface area contributed by atoms with Gasteiger partial charge in [-0.05, 0) is 55.3 Å². The lowest BCUT2D eigenvalue weighted by atomic mass is 10.0. The van der Waals surface area contributed by atoms with Gasteiger partial charge in [0.05, 0.1) is 11.3 Å². The molecular weight excluding hydrogens is 348 g/mol. The fraction of sp³-hybridized carbons (Fsp3) is 0.167. The van der Waals surface area contributed by atoms with Gasteiger partial charge in [0.25, 0.3) is 5.91 Å². The zero-order chi connectivity index (χ0) is 20.1. The molecule has 0 aromatic heterocycles. The third kappa shape index (κ3) is 4.86. The van der Waals surface area contributed by atoms with Crippen LogP contribution in [0.5, 0.6) is 0 Å². The molecule has 2 amide bonds. The summed E-state index contributed by atoms with van der Waals surface area (Å²) in [5, 5.41) is 7.93. The smallest absolute Gasteiger partial charge is 0.253 e. The van der Waals surface area contributed by atoms with Gasteiger partial charge in [0.1, 0.15) is 0 Å². The van der Waals surface area contributed by atoms with Gasteiger partial charge in [0.15, 0.2) is 0 Å². The summed E-state index contributed by atoms with van der Waals surface area (Å²) in [6.07, 6.45) is 3.27. The minimum atomic E-state index is -0.359. The Morgan fingerprint density at radius 1 is 0.857 bits per heavy atom. The fourth-order valence-electron chi connectivity index (χ4n) is 2.93. The topological polar surface area (TPSA) is 58.2 Å².